The minimum Gasteiger partial charge on any atom is -0.490 e. The van der Waals surface area contributed by atoms with Crippen molar-refractivity contribution in [3.8, 4) is 17.2 Å². The van der Waals surface area contributed by atoms with Gasteiger partial charge in [-0.15, -0.1) is 12.4 Å². The molecule has 29 heavy (non-hydrogen) atoms. The van der Waals surface area contributed by atoms with Crippen molar-refractivity contribution in [2.75, 3.05) is 39.5 Å². The third-order valence-electron chi connectivity index (χ3n) is 4.61. The SMILES string of the molecule is CCOc1cc(C(=O)N2CCNC[C@@H]2C)ccc1OCCOc1ccccc1.Cl. The quantitative estimate of drug-likeness (QED) is 0.663. The molecule has 0 radical (unpaired) electrons. The van der Waals surface area contributed by atoms with Crippen LogP contribution in [0.15, 0.2) is 48.5 Å². The predicted octanol–water partition coefficient (Wildman–Crippen LogP) is 3.40. The van der Waals surface area contributed by atoms with Crippen LogP contribution in [0.4, 0.5) is 0 Å². The highest BCUT2D eigenvalue weighted by Crippen LogP contribution is 2.29. The Morgan fingerprint density at radius 3 is 2.55 bits per heavy atom. The van der Waals surface area contributed by atoms with Gasteiger partial charge in [-0.05, 0) is 44.2 Å². The summed E-state index contributed by atoms with van der Waals surface area (Å²) in [6, 6.07) is 15.2. The maximum atomic E-state index is 12.9. The number of amides is 1. The highest BCUT2D eigenvalue weighted by atomic mass is 35.5. The Hall–Kier alpha value is -2.44. The lowest BCUT2D eigenvalue weighted by atomic mass is 10.1. The Labute approximate surface area is 178 Å². The third kappa shape index (κ3) is 6.27. The minimum absolute atomic E-state index is 0. The fraction of sp³-hybridized carbons (Fsp3) is 0.409. The summed E-state index contributed by atoms with van der Waals surface area (Å²) >= 11 is 0. The van der Waals surface area contributed by atoms with Gasteiger partial charge in [-0.25, -0.2) is 0 Å². The van der Waals surface area contributed by atoms with Gasteiger partial charge in [0.2, 0.25) is 0 Å². The molecule has 158 valence electrons. The fourth-order valence-electron chi connectivity index (χ4n) is 3.17. The van der Waals surface area contributed by atoms with Gasteiger partial charge in [0.05, 0.1) is 6.61 Å². The van der Waals surface area contributed by atoms with E-state index in [2.05, 4.69) is 12.2 Å². The first-order chi connectivity index (χ1) is 13.7. The van der Waals surface area contributed by atoms with E-state index in [1.165, 1.54) is 0 Å². The lowest BCUT2D eigenvalue weighted by molar-refractivity contribution is 0.0655. The van der Waals surface area contributed by atoms with Crippen LogP contribution in [0.25, 0.3) is 0 Å². The Morgan fingerprint density at radius 1 is 1.07 bits per heavy atom. The molecule has 0 unspecified atom stereocenters. The maximum Gasteiger partial charge on any atom is 0.254 e. The van der Waals surface area contributed by atoms with E-state index in [0.29, 0.717) is 43.4 Å². The Kier molecular flexibility index (Phi) is 9.09. The molecule has 2 aromatic carbocycles. The van der Waals surface area contributed by atoms with Gasteiger partial charge < -0.3 is 24.4 Å². The average Bonchev–Trinajstić information content (AvgIpc) is 2.73. The number of rotatable bonds is 8. The standard InChI is InChI=1S/C22H28N2O4.ClH/c1-3-26-21-15-18(22(25)24-12-11-23-16-17(24)2)9-10-20(21)28-14-13-27-19-7-5-4-6-8-19;/h4-10,15,17,23H,3,11-14,16H2,1-2H3;1H/t17-;/m0./s1. The number of ether oxygens (including phenoxy) is 3. The molecule has 0 bridgehead atoms. The molecule has 6 nitrogen and oxygen atoms in total. The van der Waals surface area contributed by atoms with Gasteiger partial charge in [0.1, 0.15) is 19.0 Å². The van der Waals surface area contributed by atoms with E-state index in [-0.39, 0.29) is 24.4 Å². The number of hydrogen-bond acceptors (Lipinski definition) is 5. The number of piperazine rings is 1. The number of hydrogen-bond donors (Lipinski definition) is 1. The second-order valence-electron chi connectivity index (χ2n) is 6.66. The summed E-state index contributed by atoms with van der Waals surface area (Å²) in [7, 11) is 0. The number of nitrogens with zero attached hydrogens (tertiary/aromatic N) is 1. The summed E-state index contributed by atoms with van der Waals surface area (Å²) in [4.78, 5) is 14.8. The molecular weight excluding hydrogens is 392 g/mol. The molecule has 1 aliphatic heterocycles. The molecule has 3 rings (SSSR count). The molecule has 2 aromatic rings. The molecule has 1 amide bonds. The molecule has 0 aromatic heterocycles. The molecule has 1 fully saturated rings. The van der Waals surface area contributed by atoms with Crippen LogP contribution in [0.5, 0.6) is 17.2 Å². The third-order valence-corrected chi connectivity index (χ3v) is 4.61. The van der Waals surface area contributed by atoms with E-state index in [1.54, 1.807) is 18.2 Å². The van der Waals surface area contributed by atoms with Crippen LogP contribution in [-0.4, -0.2) is 56.3 Å². The van der Waals surface area contributed by atoms with Gasteiger partial charge in [-0.2, -0.15) is 0 Å². The highest BCUT2D eigenvalue weighted by Gasteiger charge is 2.24. The number of nitrogens with one attached hydrogen (secondary N) is 1. The fourth-order valence-corrected chi connectivity index (χ4v) is 3.17. The molecule has 1 heterocycles. The molecule has 0 spiro atoms. The largest absolute Gasteiger partial charge is 0.490 e. The normalized spacial score (nSPS) is 15.9. The zero-order valence-corrected chi connectivity index (χ0v) is 17.7. The Bertz CT molecular complexity index is 773. The summed E-state index contributed by atoms with van der Waals surface area (Å²) < 4.78 is 17.2. The van der Waals surface area contributed by atoms with Crippen molar-refractivity contribution in [2.45, 2.75) is 19.9 Å². The van der Waals surface area contributed by atoms with Crippen molar-refractivity contribution < 1.29 is 19.0 Å². The van der Waals surface area contributed by atoms with E-state index in [9.17, 15) is 4.79 Å². The van der Waals surface area contributed by atoms with Gasteiger partial charge in [-0.3, -0.25) is 4.79 Å². The number of carbonyl (C=O) groups is 1. The zero-order chi connectivity index (χ0) is 19.8. The predicted molar refractivity (Wildman–Crippen MR) is 116 cm³/mol. The molecule has 1 atom stereocenters. The molecule has 1 saturated heterocycles. The summed E-state index contributed by atoms with van der Waals surface area (Å²) in [6.45, 7) is 7.61. The van der Waals surface area contributed by atoms with Crippen molar-refractivity contribution in [1.29, 1.82) is 0 Å². The molecule has 0 saturated carbocycles. The summed E-state index contributed by atoms with van der Waals surface area (Å²) in [5, 5.41) is 3.30. The van der Waals surface area contributed by atoms with Gasteiger partial charge in [0, 0.05) is 31.2 Å². The van der Waals surface area contributed by atoms with Crippen molar-refractivity contribution in [2.24, 2.45) is 0 Å². The number of para-hydroxylation sites is 1. The van der Waals surface area contributed by atoms with Crippen molar-refractivity contribution in [3.63, 3.8) is 0 Å². The molecule has 1 aliphatic rings. The Morgan fingerprint density at radius 2 is 1.83 bits per heavy atom. The van der Waals surface area contributed by atoms with E-state index in [0.717, 1.165) is 18.8 Å². The first-order valence-electron chi connectivity index (χ1n) is 9.78. The van der Waals surface area contributed by atoms with E-state index in [4.69, 9.17) is 14.2 Å². The summed E-state index contributed by atoms with van der Waals surface area (Å²) in [5.74, 6) is 2.02. The molecule has 7 heteroatoms. The smallest absolute Gasteiger partial charge is 0.254 e. The van der Waals surface area contributed by atoms with Crippen molar-refractivity contribution >= 4 is 18.3 Å². The van der Waals surface area contributed by atoms with E-state index in [1.807, 2.05) is 42.2 Å². The lowest BCUT2D eigenvalue weighted by Crippen LogP contribution is -2.52. The monoisotopic (exact) mass is 420 g/mol. The van der Waals surface area contributed by atoms with Crippen LogP contribution in [0, 0.1) is 0 Å². The van der Waals surface area contributed by atoms with Crippen LogP contribution < -0.4 is 19.5 Å². The second kappa shape index (κ2) is 11.5. The maximum absolute atomic E-state index is 12.9. The lowest BCUT2D eigenvalue weighted by Gasteiger charge is -2.34. The van der Waals surface area contributed by atoms with E-state index >= 15 is 0 Å². The first-order valence-corrected chi connectivity index (χ1v) is 9.78. The van der Waals surface area contributed by atoms with Crippen molar-refractivity contribution in [1.82, 2.24) is 10.2 Å². The summed E-state index contributed by atoms with van der Waals surface area (Å²) in [6.07, 6.45) is 0. The number of benzene rings is 2. The Balaban J connectivity index is 0.00000300. The molecular formula is C22H29ClN2O4. The van der Waals surface area contributed by atoms with E-state index < -0.39 is 0 Å². The molecule has 0 aliphatic carbocycles. The number of halogens is 1. The molecule has 1 N–H and O–H groups in total. The van der Waals surface area contributed by atoms with Crippen LogP contribution in [-0.2, 0) is 0 Å². The highest BCUT2D eigenvalue weighted by molar-refractivity contribution is 5.95. The van der Waals surface area contributed by atoms with Crippen LogP contribution in [0.1, 0.15) is 24.2 Å². The summed E-state index contributed by atoms with van der Waals surface area (Å²) in [5.41, 5.74) is 0.616. The van der Waals surface area contributed by atoms with Gasteiger partial charge in [-0.1, -0.05) is 18.2 Å². The average molecular weight is 421 g/mol. The van der Waals surface area contributed by atoms with Gasteiger partial charge >= 0.3 is 0 Å². The van der Waals surface area contributed by atoms with Crippen LogP contribution in [0.3, 0.4) is 0 Å². The topological polar surface area (TPSA) is 60.0 Å². The van der Waals surface area contributed by atoms with Gasteiger partial charge in [0.15, 0.2) is 11.5 Å². The zero-order valence-electron chi connectivity index (χ0n) is 16.9. The minimum atomic E-state index is 0. The van der Waals surface area contributed by atoms with Crippen LogP contribution in [0.2, 0.25) is 0 Å². The van der Waals surface area contributed by atoms with Crippen molar-refractivity contribution in [3.05, 3.63) is 54.1 Å². The van der Waals surface area contributed by atoms with Crippen LogP contribution >= 0.6 is 12.4 Å². The first kappa shape index (κ1) is 22.8. The number of carbonyl (C=O) groups excluding carboxylic acids is 1. The second-order valence-corrected chi connectivity index (χ2v) is 6.66. The van der Waals surface area contributed by atoms with Gasteiger partial charge in [0.25, 0.3) is 5.91 Å².